The smallest absolute Gasteiger partial charge is 0.145 e. The Morgan fingerprint density at radius 2 is 2.12 bits per heavy atom. The number of hydrogen-bond acceptors (Lipinski definition) is 3. The summed E-state index contributed by atoms with van der Waals surface area (Å²) >= 11 is 3.37. The molecular weight excluding hydrogens is 266 g/mol. The van der Waals surface area contributed by atoms with Crippen LogP contribution in [-0.4, -0.2) is 11.0 Å². The first kappa shape index (κ1) is 11.4. The summed E-state index contributed by atoms with van der Waals surface area (Å²) in [7, 11) is 0. The average Bonchev–Trinajstić information content (AvgIpc) is 2.31. The van der Waals surface area contributed by atoms with E-state index in [4.69, 9.17) is 5.26 Å². The lowest BCUT2D eigenvalue weighted by atomic mass is 9.95. The third kappa shape index (κ3) is 2.53. The van der Waals surface area contributed by atoms with Gasteiger partial charge in [0.2, 0.25) is 0 Å². The van der Waals surface area contributed by atoms with Crippen molar-refractivity contribution in [2.75, 3.05) is 5.32 Å². The number of halogens is 1. The largest absolute Gasteiger partial charge is 0.366 e. The fourth-order valence-electron chi connectivity index (χ4n) is 2.09. The minimum absolute atomic E-state index is 0.475. The normalized spacial score (nSPS) is 16.8. The Kier molecular flexibility index (Phi) is 3.79. The second kappa shape index (κ2) is 5.31. The minimum Gasteiger partial charge on any atom is -0.366 e. The second-order valence-electron chi connectivity index (χ2n) is 4.11. The van der Waals surface area contributed by atoms with Crippen molar-refractivity contribution in [1.82, 2.24) is 4.98 Å². The highest BCUT2D eigenvalue weighted by Gasteiger charge is 2.16. The van der Waals surface area contributed by atoms with Crippen LogP contribution in [0.5, 0.6) is 0 Å². The van der Waals surface area contributed by atoms with Gasteiger partial charge in [-0.25, -0.2) is 4.98 Å². The van der Waals surface area contributed by atoms with Crippen molar-refractivity contribution < 1.29 is 0 Å². The molecule has 84 valence electrons. The Morgan fingerprint density at radius 3 is 2.81 bits per heavy atom. The van der Waals surface area contributed by atoms with E-state index in [1.807, 2.05) is 0 Å². The van der Waals surface area contributed by atoms with Crippen LogP contribution in [0.4, 0.5) is 5.82 Å². The first-order valence-electron chi connectivity index (χ1n) is 5.62. The number of hydrogen-bond donors (Lipinski definition) is 1. The van der Waals surface area contributed by atoms with E-state index >= 15 is 0 Å². The summed E-state index contributed by atoms with van der Waals surface area (Å²) < 4.78 is 0.809. The van der Waals surface area contributed by atoms with Crippen LogP contribution < -0.4 is 5.32 Å². The molecule has 0 radical (unpaired) electrons. The number of nitrogens with zero attached hydrogens (tertiary/aromatic N) is 2. The molecule has 16 heavy (non-hydrogen) atoms. The topological polar surface area (TPSA) is 48.7 Å². The fraction of sp³-hybridized carbons (Fsp3) is 0.500. The van der Waals surface area contributed by atoms with Crippen molar-refractivity contribution in [2.24, 2.45) is 0 Å². The van der Waals surface area contributed by atoms with Crippen LogP contribution in [-0.2, 0) is 0 Å². The summed E-state index contributed by atoms with van der Waals surface area (Å²) in [6, 6.07) is 4.45. The van der Waals surface area contributed by atoms with Gasteiger partial charge in [0.15, 0.2) is 0 Å². The predicted molar refractivity (Wildman–Crippen MR) is 67.1 cm³/mol. The molecule has 0 unspecified atom stereocenters. The van der Waals surface area contributed by atoms with E-state index in [0.29, 0.717) is 17.4 Å². The van der Waals surface area contributed by atoms with Crippen molar-refractivity contribution in [1.29, 1.82) is 5.26 Å². The molecule has 4 heteroatoms. The molecule has 3 nitrogen and oxygen atoms in total. The van der Waals surface area contributed by atoms with E-state index in [-0.39, 0.29) is 0 Å². The molecule has 0 bridgehead atoms. The van der Waals surface area contributed by atoms with Crippen LogP contribution in [0.3, 0.4) is 0 Å². The van der Waals surface area contributed by atoms with Gasteiger partial charge in [0, 0.05) is 16.7 Å². The zero-order chi connectivity index (χ0) is 11.4. The molecule has 0 amide bonds. The highest BCUT2D eigenvalue weighted by atomic mass is 79.9. The van der Waals surface area contributed by atoms with Crippen LogP contribution in [0.15, 0.2) is 16.7 Å². The molecule has 1 aliphatic carbocycles. The minimum atomic E-state index is 0.475. The van der Waals surface area contributed by atoms with Gasteiger partial charge in [0.05, 0.1) is 0 Å². The van der Waals surface area contributed by atoms with E-state index in [2.05, 4.69) is 32.3 Å². The van der Waals surface area contributed by atoms with Crippen LogP contribution >= 0.6 is 15.9 Å². The van der Waals surface area contributed by atoms with Crippen LogP contribution in [0.1, 0.15) is 37.7 Å². The monoisotopic (exact) mass is 279 g/mol. The van der Waals surface area contributed by atoms with Crippen LogP contribution in [0.25, 0.3) is 0 Å². The molecule has 1 N–H and O–H groups in total. The van der Waals surface area contributed by atoms with E-state index in [0.717, 1.165) is 4.47 Å². The summed E-state index contributed by atoms with van der Waals surface area (Å²) in [5.74, 6) is 0.712. The lowest BCUT2D eigenvalue weighted by Crippen LogP contribution is -2.23. The molecule has 1 saturated carbocycles. The maximum absolute atomic E-state index is 9.07. The molecule has 1 fully saturated rings. The third-order valence-corrected chi connectivity index (χ3v) is 3.62. The van der Waals surface area contributed by atoms with Gasteiger partial charge in [-0.05, 0) is 34.8 Å². The molecule has 0 aliphatic heterocycles. The summed E-state index contributed by atoms with van der Waals surface area (Å²) in [6.07, 6.45) is 7.95. The number of nitriles is 1. The third-order valence-electron chi connectivity index (χ3n) is 2.96. The van der Waals surface area contributed by atoms with E-state index in [9.17, 15) is 0 Å². The Labute approximate surface area is 104 Å². The van der Waals surface area contributed by atoms with Gasteiger partial charge < -0.3 is 5.32 Å². The Balaban J connectivity index is 2.14. The lowest BCUT2D eigenvalue weighted by Gasteiger charge is -2.23. The molecule has 1 aromatic heterocycles. The average molecular weight is 280 g/mol. The quantitative estimate of drug-likeness (QED) is 0.902. The van der Waals surface area contributed by atoms with E-state index < -0.39 is 0 Å². The molecular formula is C12H14BrN3. The van der Waals surface area contributed by atoms with Crippen molar-refractivity contribution in [3.63, 3.8) is 0 Å². The number of rotatable bonds is 2. The maximum atomic E-state index is 9.07. The second-order valence-corrected chi connectivity index (χ2v) is 4.96. The number of nitrogens with one attached hydrogen (secondary N) is 1. The Bertz CT molecular complexity index is 405. The maximum Gasteiger partial charge on any atom is 0.145 e. The van der Waals surface area contributed by atoms with Gasteiger partial charge in [-0.2, -0.15) is 5.26 Å². The van der Waals surface area contributed by atoms with Gasteiger partial charge >= 0.3 is 0 Å². The Hall–Kier alpha value is -1.08. The molecule has 1 aromatic rings. The van der Waals surface area contributed by atoms with Crippen molar-refractivity contribution in [3.8, 4) is 6.07 Å². The van der Waals surface area contributed by atoms with E-state index in [1.165, 1.54) is 32.1 Å². The van der Waals surface area contributed by atoms with Gasteiger partial charge in [-0.3, -0.25) is 0 Å². The van der Waals surface area contributed by atoms with Crippen molar-refractivity contribution >= 4 is 21.7 Å². The van der Waals surface area contributed by atoms with Crippen LogP contribution in [0.2, 0.25) is 0 Å². The molecule has 0 atom stereocenters. The lowest BCUT2D eigenvalue weighted by molar-refractivity contribution is 0.462. The molecule has 1 aliphatic rings. The summed E-state index contributed by atoms with van der Waals surface area (Å²) in [5, 5.41) is 12.4. The predicted octanol–water partition coefficient (Wildman–Crippen LogP) is 3.46. The highest BCUT2D eigenvalue weighted by Crippen LogP contribution is 2.25. The molecule has 0 spiro atoms. The zero-order valence-corrected chi connectivity index (χ0v) is 10.6. The number of anilines is 1. The molecule has 1 heterocycles. The Morgan fingerprint density at radius 1 is 1.38 bits per heavy atom. The first-order valence-corrected chi connectivity index (χ1v) is 6.41. The molecule has 0 aromatic carbocycles. The highest BCUT2D eigenvalue weighted by molar-refractivity contribution is 9.10. The van der Waals surface area contributed by atoms with Crippen LogP contribution in [0, 0.1) is 11.3 Å². The number of aromatic nitrogens is 1. The summed E-state index contributed by atoms with van der Waals surface area (Å²) in [5.41, 5.74) is 0.605. The zero-order valence-electron chi connectivity index (χ0n) is 9.04. The van der Waals surface area contributed by atoms with Crippen molar-refractivity contribution in [2.45, 2.75) is 38.1 Å². The van der Waals surface area contributed by atoms with E-state index in [1.54, 1.807) is 12.3 Å². The summed E-state index contributed by atoms with van der Waals surface area (Å²) in [6.45, 7) is 0. The van der Waals surface area contributed by atoms with Crippen molar-refractivity contribution in [3.05, 3.63) is 22.3 Å². The van der Waals surface area contributed by atoms with Gasteiger partial charge in [-0.15, -0.1) is 0 Å². The van der Waals surface area contributed by atoms with Gasteiger partial charge in [0.1, 0.15) is 17.5 Å². The summed E-state index contributed by atoms with van der Waals surface area (Å²) in [4.78, 5) is 4.24. The molecule has 2 rings (SSSR count). The fourth-order valence-corrected chi connectivity index (χ4v) is 2.49. The number of pyridine rings is 1. The van der Waals surface area contributed by atoms with Gasteiger partial charge in [0.25, 0.3) is 0 Å². The molecule has 0 saturated heterocycles. The standard InChI is InChI=1S/C12H14BrN3/c13-11-6-7-15-12(10(11)8-14)16-9-4-2-1-3-5-9/h6-7,9H,1-5H2,(H,15,16). The van der Waals surface area contributed by atoms with Gasteiger partial charge in [-0.1, -0.05) is 19.3 Å². The first-order chi connectivity index (χ1) is 7.81. The SMILES string of the molecule is N#Cc1c(Br)ccnc1NC1CCCCC1.